The van der Waals surface area contributed by atoms with Crippen LogP contribution < -0.4 is 0 Å². The van der Waals surface area contributed by atoms with Crippen LogP contribution in [0.15, 0.2) is 12.7 Å². The predicted octanol–water partition coefficient (Wildman–Crippen LogP) is 2.54. The molecule has 1 fully saturated rings. The Morgan fingerprint density at radius 2 is 2.36 bits per heavy atom. The number of carbonyl (C=O) groups excluding carboxylic acids is 1. The van der Waals surface area contributed by atoms with Gasteiger partial charge in [0, 0.05) is 5.92 Å². The highest BCUT2D eigenvalue weighted by Crippen LogP contribution is 2.26. The fourth-order valence-corrected chi connectivity index (χ4v) is 1.85. The Bertz CT molecular complexity index is 165. The zero-order chi connectivity index (χ0) is 8.27. The van der Waals surface area contributed by atoms with Crippen LogP contribution >= 0.6 is 11.6 Å². The van der Waals surface area contributed by atoms with Gasteiger partial charge in [-0.3, -0.25) is 4.79 Å². The molecule has 62 valence electrons. The smallest absolute Gasteiger partial charge is 0.154 e. The molecule has 1 nitrogen and oxygen atoms in total. The lowest BCUT2D eigenvalue weighted by Crippen LogP contribution is -2.28. The van der Waals surface area contributed by atoms with E-state index in [0.717, 1.165) is 25.7 Å². The number of halogens is 1. The van der Waals surface area contributed by atoms with Crippen LogP contribution in [0.2, 0.25) is 0 Å². The van der Waals surface area contributed by atoms with Crippen LogP contribution in [0.5, 0.6) is 0 Å². The third-order valence-corrected chi connectivity index (χ3v) is 2.61. The maximum absolute atomic E-state index is 11.3. The van der Waals surface area contributed by atoms with E-state index in [-0.39, 0.29) is 17.1 Å². The number of allylic oxidation sites excluding steroid dienone is 1. The number of rotatable bonds is 2. The summed E-state index contributed by atoms with van der Waals surface area (Å²) in [5.74, 6) is 0.376. The van der Waals surface area contributed by atoms with Gasteiger partial charge in [-0.2, -0.15) is 0 Å². The molecular formula is C9H13ClO. The fourth-order valence-electron chi connectivity index (χ4n) is 1.52. The Labute approximate surface area is 72.4 Å². The highest BCUT2D eigenvalue weighted by atomic mass is 35.5. The van der Waals surface area contributed by atoms with Crippen LogP contribution in [-0.4, -0.2) is 11.2 Å². The van der Waals surface area contributed by atoms with Crippen LogP contribution in [0.4, 0.5) is 0 Å². The summed E-state index contributed by atoms with van der Waals surface area (Å²) in [7, 11) is 0. The fraction of sp³-hybridized carbons (Fsp3) is 0.667. The van der Waals surface area contributed by atoms with Gasteiger partial charge in [-0.05, 0) is 19.3 Å². The van der Waals surface area contributed by atoms with Crippen LogP contribution in [0.25, 0.3) is 0 Å². The highest BCUT2D eigenvalue weighted by molar-refractivity contribution is 6.31. The van der Waals surface area contributed by atoms with E-state index in [1.54, 1.807) is 6.08 Å². The number of carbonyl (C=O) groups is 1. The van der Waals surface area contributed by atoms with Crippen molar-refractivity contribution in [2.75, 3.05) is 0 Å². The van der Waals surface area contributed by atoms with Crippen molar-refractivity contribution in [2.45, 2.75) is 31.1 Å². The van der Waals surface area contributed by atoms with E-state index in [4.69, 9.17) is 11.6 Å². The van der Waals surface area contributed by atoms with E-state index in [0.29, 0.717) is 0 Å². The van der Waals surface area contributed by atoms with Crippen LogP contribution in [0.1, 0.15) is 25.7 Å². The minimum atomic E-state index is -0.228. The van der Waals surface area contributed by atoms with Crippen molar-refractivity contribution in [3.63, 3.8) is 0 Å². The Morgan fingerprint density at radius 3 is 3.00 bits per heavy atom. The van der Waals surface area contributed by atoms with Crippen molar-refractivity contribution in [3.05, 3.63) is 12.7 Å². The molecule has 2 unspecified atom stereocenters. The largest absolute Gasteiger partial charge is 0.298 e. The zero-order valence-corrected chi connectivity index (χ0v) is 7.31. The summed E-state index contributed by atoms with van der Waals surface area (Å²) in [6, 6.07) is 0. The van der Waals surface area contributed by atoms with Gasteiger partial charge in [0.2, 0.25) is 0 Å². The lowest BCUT2D eigenvalue weighted by atomic mass is 9.85. The topological polar surface area (TPSA) is 17.1 Å². The molecule has 0 spiro atoms. The first-order valence-corrected chi connectivity index (χ1v) is 4.48. The van der Waals surface area contributed by atoms with E-state index in [9.17, 15) is 4.79 Å². The van der Waals surface area contributed by atoms with E-state index in [2.05, 4.69) is 6.58 Å². The minimum Gasteiger partial charge on any atom is -0.298 e. The van der Waals surface area contributed by atoms with E-state index in [1.807, 2.05) is 0 Å². The third kappa shape index (κ3) is 2.06. The predicted molar refractivity (Wildman–Crippen MR) is 46.8 cm³/mol. The standard InChI is InChI=1S/C9H13ClO/c1-2-4-7-5-3-6-8(10)9(7)11/h2,7-8H,1,3-6H2. The van der Waals surface area contributed by atoms with Crippen LogP contribution in [0, 0.1) is 5.92 Å². The van der Waals surface area contributed by atoms with Crippen molar-refractivity contribution in [1.29, 1.82) is 0 Å². The van der Waals surface area contributed by atoms with Crippen molar-refractivity contribution < 1.29 is 4.79 Å². The molecule has 2 atom stereocenters. The van der Waals surface area contributed by atoms with Crippen LogP contribution in [0.3, 0.4) is 0 Å². The molecule has 1 aliphatic rings. The third-order valence-electron chi connectivity index (χ3n) is 2.17. The normalized spacial score (nSPS) is 31.9. The molecule has 1 saturated carbocycles. The second-order valence-corrected chi connectivity index (χ2v) is 3.55. The maximum Gasteiger partial charge on any atom is 0.154 e. The molecular weight excluding hydrogens is 160 g/mol. The lowest BCUT2D eigenvalue weighted by molar-refractivity contribution is -0.124. The first-order chi connectivity index (χ1) is 5.25. The van der Waals surface area contributed by atoms with Gasteiger partial charge in [0.15, 0.2) is 5.78 Å². The Balaban J connectivity index is 2.51. The van der Waals surface area contributed by atoms with Gasteiger partial charge < -0.3 is 0 Å². The van der Waals surface area contributed by atoms with Crippen molar-refractivity contribution in [1.82, 2.24) is 0 Å². The second kappa shape index (κ2) is 3.91. The summed E-state index contributed by atoms with van der Waals surface area (Å²) in [5.41, 5.74) is 0. The molecule has 0 heterocycles. The van der Waals surface area contributed by atoms with Crippen molar-refractivity contribution in [2.24, 2.45) is 5.92 Å². The molecule has 0 aromatic rings. The number of hydrogen-bond donors (Lipinski definition) is 0. The summed E-state index contributed by atoms with van der Waals surface area (Å²) in [6.45, 7) is 3.62. The SMILES string of the molecule is C=CCC1CCCC(Cl)C1=O. The monoisotopic (exact) mass is 172 g/mol. The van der Waals surface area contributed by atoms with Gasteiger partial charge in [0.1, 0.15) is 0 Å². The van der Waals surface area contributed by atoms with Gasteiger partial charge in [-0.25, -0.2) is 0 Å². The molecule has 1 aliphatic carbocycles. The molecule has 0 aromatic heterocycles. The molecule has 0 bridgehead atoms. The van der Waals surface area contributed by atoms with Crippen molar-refractivity contribution in [3.8, 4) is 0 Å². The zero-order valence-electron chi connectivity index (χ0n) is 6.55. The number of alkyl halides is 1. The lowest BCUT2D eigenvalue weighted by Gasteiger charge is -2.22. The quantitative estimate of drug-likeness (QED) is 0.462. The average Bonchev–Trinajstić information content (AvgIpc) is 1.99. The molecule has 0 aliphatic heterocycles. The summed E-state index contributed by atoms with van der Waals surface area (Å²) < 4.78 is 0. The Morgan fingerprint density at radius 1 is 1.64 bits per heavy atom. The summed E-state index contributed by atoms with van der Waals surface area (Å²) in [4.78, 5) is 11.3. The molecule has 11 heavy (non-hydrogen) atoms. The summed E-state index contributed by atoms with van der Waals surface area (Å²) in [5, 5.41) is -0.228. The maximum atomic E-state index is 11.3. The second-order valence-electron chi connectivity index (χ2n) is 3.02. The Kier molecular flexibility index (Phi) is 3.13. The van der Waals surface area contributed by atoms with E-state index in [1.165, 1.54) is 0 Å². The summed E-state index contributed by atoms with van der Waals surface area (Å²) >= 11 is 5.81. The first-order valence-electron chi connectivity index (χ1n) is 4.04. The number of Topliss-reactive ketones (excluding diaryl/α,β-unsaturated/α-hetero) is 1. The molecule has 2 heteroatoms. The molecule has 0 N–H and O–H groups in total. The van der Waals surface area contributed by atoms with E-state index >= 15 is 0 Å². The number of hydrogen-bond acceptors (Lipinski definition) is 1. The van der Waals surface area contributed by atoms with E-state index < -0.39 is 0 Å². The molecule has 1 rings (SSSR count). The highest BCUT2D eigenvalue weighted by Gasteiger charge is 2.28. The minimum absolute atomic E-state index is 0.156. The van der Waals surface area contributed by atoms with Gasteiger partial charge in [-0.15, -0.1) is 18.2 Å². The Hall–Kier alpha value is -0.300. The van der Waals surface area contributed by atoms with Gasteiger partial charge in [0.25, 0.3) is 0 Å². The van der Waals surface area contributed by atoms with Gasteiger partial charge in [0.05, 0.1) is 5.38 Å². The molecule has 0 aromatic carbocycles. The van der Waals surface area contributed by atoms with Gasteiger partial charge in [-0.1, -0.05) is 12.5 Å². The molecule has 0 radical (unpaired) electrons. The summed E-state index contributed by atoms with van der Waals surface area (Å²) in [6.07, 6.45) is 5.53. The first kappa shape index (κ1) is 8.79. The average molecular weight is 173 g/mol. The van der Waals surface area contributed by atoms with Gasteiger partial charge >= 0.3 is 0 Å². The van der Waals surface area contributed by atoms with Crippen LogP contribution in [-0.2, 0) is 4.79 Å². The molecule has 0 saturated heterocycles. The molecule has 0 amide bonds. The number of ketones is 1. The van der Waals surface area contributed by atoms with Crippen molar-refractivity contribution >= 4 is 17.4 Å².